The standard InChI is InChI=1S/C10H16BrNO3/c1-4-15-9(14)12-5(2)10(3)7(11)6(12)8(10)13/h5-8,13H,4H2,1-3H3/t5-,6+,7+,8-,10-/m1/s1. The molecule has 2 bridgehead atoms. The first kappa shape index (κ1) is 11.2. The predicted molar refractivity (Wildman–Crippen MR) is 58.9 cm³/mol. The summed E-state index contributed by atoms with van der Waals surface area (Å²) in [6.07, 6.45) is -0.763. The Morgan fingerprint density at radius 1 is 1.67 bits per heavy atom. The predicted octanol–water partition coefficient (Wildman–Crippen LogP) is 1.36. The summed E-state index contributed by atoms with van der Waals surface area (Å²) in [5.41, 5.74) is -0.239. The van der Waals surface area contributed by atoms with Crippen LogP contribution in [0.25, 0.3) is 0 Å². The lowest BCUT2D eigenvalue weighted by atomic mass is 9.66. The molecule has 0 aromatic rings. The fourth-order valence-corrected chi connectivity index (χ4v) is 3.94. The first-order valence-corrected chi connectivity index (χ1v) is 6.15. The van der Waals surface area contributed by atoms with Gasteiger partial charge in [-0.3, -0.25) is 4.90 Å². The van der Waals surface area contributed by atoms with Crippen molar-refractivity contribution in [1.82, 2.24) is 4.90 Å². The molecule has 4 nitrogen and oxygen atoms in total. The number of hydrogen-bond donors (Lipinski definition) is 1. The van der Waals surface area contributed by atoms with Crippen LogP contribution in [0.4, 0.5) is 4.79 Å². The van der Waals surface area contributed by atoms with Crippen LogP contribution in [0.1, 0.15) is 20.8 Å². The number of hydrogen-bond acceptors (Lipinski definition) is 3. The maximum atomic E-state index is 11.7. The Labute approximate surface area is 97.7 Å². The van der Waals surface area contributed by atoms with E-state index in [1.807, 2.05) is 13.8 Å². The fourth-order valence-electron chi connectivity index (χ4n) is 2.75. The number of ether oxygens (including phenoxy) is 1. The van der Waals surface area contributed by atoms with Crippen LogP contribution < -0.4 is 0 Å². The van der Waals surface area contributed by atoms with Crippen molar-refractivity contribution in [2.24, 2.45) is 5.41 Å². The van der Waals surface area contributed by atoms with Gasteiger partial charge in [0.25, 0.3) is 0 Å². The molecule has 3 fully saturated rings. The van der Waals surface area contributed by atoms with Crippen LogP contribution in [0, 0.1) is 5.41 Å². The van der Waals surface area contributed by atoms with Crippen LogP contribution in [-0.4, -0.2) is 45.7 Å². The van der Waals surface area contributed by atoms with E-state index in [1.54, 1.807) is 11.8 Å². The van der Waals surface area contributed by atoms with E-state index in [9.17, 15) is 9.90 Å². The lowest BCUT2D eigenvalue weighted by molar-refractivity contribution is -0.0267. The number of aliphatic hydroxyl groups is 1. The molecule has 3 aliphatic rings. The monoisotopic (exact) mass is 277 g/mol. The van der Waals surface area contributed by atoms with Crippen LogP contribution in [-0.2, 0) is 4.74 Å². The molecule has 0 aromatic heterocycles. The Balaban J connectivity index is 2.21. The van der Waals surface area contributed by atoms with Gasteiger partial charge in [0, 0.05) is 16.3 Å². The van der Waals surface area contributed by atoms with Crippen molar-refractivity contribution in [2.45, 2.75) is 43.8 Å². The molecule has 2 saturated heterocycles. The van der Waals surface area contributed by atoms with E-state index in [-0.39, 0.29) is 28.4 Å². The number of fused-ring (bicyclic) bond motifs is 1. The van der Waals surface area contributed by atoms with E-state index in [2.05, 4.69) is 15.9 Å². The van der Waals surface area contributed by atoms with E-state index >= 15 is 0 Å². The number of carbonyl (C=O) groups is 1. The summed E-state index contributed by atoms with van der Waals surface area (Å²) >= 11 is 3.54. The second-order valence-corrected chi connectivity index (χ2v) is 5.47. The third-order valence-corrected chi connectivity index (χ3v) is 5.50. The molecule has 0 unspecified atom stereocenters. The summed E-state index contributed by atoms with van der Waals surface area (Å²) in [5.74, 6) is 0. The van der Waals surface area contributed by atoms with Crippen LogP contribution >= 0.6 is 15.9 Å². The number of alkyl halides is 1. The first-order chi connectivity index (χ1) is 6.96. The Kier molecular flexibility index (Phi) is 2.50. The molecular formula is C10H16BrNO3. The maximum Gasteiger partial charge on any atom is 0.410 e. The minimum Gasteiger partial charge on any atom is -0.450 e. The molecule has 0 radical (unpaired) electrons. The molecule has 2 aliphatic heterocycles. The summed E-state index contributed by atoms with van der Waals surface area (Å²) in [7, 11) is 0. The van der Waals surface area contributed by atoms with Gasteiger partial charge in [0.1, 0.15) is 0 Å². The number of aliphatic hydroxyl groups excluding tert-OH is 1. The summed E-state index contributed by atoms with van der Waals surface area (Å²) in [4.78, 5) is 13.5. The van der Waals surface area contributed by atoms with Crippen LogP contribution in [0.5, 0.6) is 0 Å². The highest BCUT2D eigenvalue weighted by atomic mass is 79.9. The molecule has 2 heterocycles. The molecule has 86 valence electrons. The molecule has 1 aliphatic carbocycles. The van der Waals surface area contributed by atoms with Gasteiger partial charge in [-0.25, -0.2) is 4.79 Å². The van der Waals surface area contributed by atoms with Crippen molar-refractivity contribution in [1.29, 1.82) is 0 Å². The number of halogens is 1. The van der Waals surface area contributed by atoms with Gasteiger partial charge in [-0.2, -0.15) is 0 Å². The van der Waals surface area contributed by atoms with Gasteiger partial charge in [0.15, 0.2) is 0 Å². The molecule has 0 spiro atoms. The average molecular weight is 278 g/mol. The molecule has 1 amide bonds. The zero-order valence-electron chi connectivity index (χ0n) is 9.11. The Bertz CT molecular complexity index is 284. The highest BCUT2D eigenvalue weighted by Crippen LogP contribution is 2.59. The molecule has 1 saturated carbocycles. The van der Waals surface area contributed by atoms with Gasteiger partial charge >= 0.3 is 6.09 Å². The second kappa shape index (κ2) is 3.35. The lowest BCUT2D eigenvalue weighted by Gasteiger charge is -2.46. The normalized spacial score (nSPS) is 47.7. The van der Waals surface area contributed by atoms with E-state index in [1.165, 1.54) is 0 Å². The fraction of sp³-hybridized carbons (Fsp3) is 0.900. The summed E-state index contributed by atoms with van der Waals surface area (Å²) in [5, 5.41) is 9.96. The van der Waals surface area contributed by atoms with E-state index in [4.69, 9.17) is 4.74 Å². The van der Waals surface area contributed by atoms with Gasteiger partial charge in [0.2, 0.25) is 0 Å². The van der Waals surface area contributed by atoms with E-state index < -0.39 is 6.10 Å². The third kappa shape index (κ3) is 1.13. The molecule has 1 N–H and O–H groups in total. The third-order valence-electron chi connectivity index (χ3n) is 3.97. The van der Waals surface area contributed by atoms with E-state index in [0.717, 1.165) is 0 Å². The smallest absolute Gasteiger partial charge is 0.410 e. The average Bonchev–Trinajstić information content (AvgIpc) is 2.53. The van der Waals surface area contributed by atoms with Gasteiger partial charge in [-0.1, -0.05) is 22.9 Å². The number of amides is 1. The first-order valence-electron chi connectivity index (χ1n) is 5.23. The molecule has 5 heteroatoms. The topological polar surface area (TPSA) is 49.8 Å². The zero-order chi connectivity index (χ0) is 11.4. The number of rotatable bonds is 1. The second-order valence-electron chi connectivity index (χ2n) is 4.49. The van der Waals surface area contributed by atoms with Crippen LogP contribution in [0.15, 0.2) is 0 Å². The number of nitrogens with zero attached hydrogens (tertiary/aromatic N) is 1. The Morgan fingerprint density at radius 2 is 2.27 bits per heavy atom. The highest BCUT2D eigenvalue weighted by Gasteiger charge is 2.72. The number of carbonyl (C=O) groups excluding carboxylic acids is 1. The Hall–Kier alpha value is -0.290. The van der Waals surface area contributed by atoms with Gasteiger partial charge in [-0.15, -0.1) is 0 Å². The Morgan fingerprint density at radius 3 is 2.60 bits per heavy atom. The van der Waals surface area contributed by atoms with Gasteiger partial charge in [0.05, 0.1) is 18.8 Å². The van der Waals surface area contributed by atoms with Crippen molar-refractivity contribution in [2.75, 3.05) is 6.61 Å². The van der Waals surface area contributed by atoms with Crippen molar-refractivity contribution >= 4 is 22.0 Å². The van der Waals surface area contributed by atoms with Crippen LogP contribution in [0.2, 0.25) is 0 Å². The SMILES string of the molecule is CCOC(=O)N1[C@@H]2[C@@H](O)[C@@](C)([C@H]2Br)[C@H]1C. The summed E-state index contributed by atoms with van der Waals surface area (Å²) in [6.45, 7) is 6.11. The van der Waals surface area contributed by atoms with Crippen molar-refractivity contribution in [3.63, 3.8) is 0 Å². The molecule has 5 atom stereocenters. The van der Waals surface area contributed by atoms with Crippen molar-refractivity contribution in [3.05, 3.63) is 0 Å². The zero-order valence-corrected chi connectivity index (χ0v) is 10.7. The minimum absolute atomic E-state index is 0.0147. The molecular weight excluding hydrogens is 262 g/mol. The van der Waals surface area contributed by atoms with Gasteiger partial charge < -0.3 is 9.84 Å². The molecule has 0 aromatic carbocycles. The minimum atomic E-state index is -0.443. The van der Waals surface area contributed by atoms with E-state index in [0.29, 0.717) is 6.61 Å². The van der Waals surface area contributed by atoms with Crippen LogP contribution in [0.3, 0.4) is 0 Å². The summed E-state index contributed by atoms with van der Waals surface area (Å²) in [6, 6.07) is -0.120. The maximum absolute atomic E-state index is 11.7. The lowest BCUT2D eigenvalue weighted by Crippen LogP contribution is -2.60. The highest BCUT2D eigenvalue weighted by molar-refractivity contribution is 9.09. The van der Waals surface area contributed by atoms with Crippen molar-refractivity contribution in [3.8, 4) is 0 Å². The quantitative estimate of drug-likeness (QED) is 0.737. The molecule has 3 rings (SSSR count). The van der Waals surface area contributed by atoms with Crippen molar-refractivity contribution < 1.29 is 14.6 Å². The van der Waals surface area contributed by atoms with Gasteiger partial charge in [-0.05, 0) is 13.8 Å². The largest absolute Gasteiger partial charge is 0.450 e. The molecule has 15 heavy (non-hydrogen) atoms. The summed E-state index contributed by atoms with van der Waals surface area (Å²) < 4.78 is 4.99.